The molecule has 0 amide bonds. The average molecular weight is 234 g/mol. The van der Waals surface area contributed by atoms with Crippen LogP contribution in [0.3, 0.4) is 0 Å². The number of aromatic nitrogens is 2. The number of rotatable bonds is 0. The molecule has 0 radical (unpaired) electrons. The van der Waals surface area contributed by atoms with Crippen LogP contribution in [0.25, 0.3) is 10.2 Å². The minimum absolute atomic E-state index is 0.416. The van der Waals surface area contributed by atoms with Crippen LogP contribution < -0.4 is 4.57 Å². The molecule has 2 rings (SSSR count). The van der Waals surface area contributed by atoms with Crippen molar-refractivity contribution in [1.82, 2.24) is 4.98 Å². The van der Waals surface area contributed by atoms with E-state index in [0.717, 1.165) is 15.8 Å². The number of fused-ring (bicyclic) bond motifs is 1. The van der Waals surface area contributed by atoms with Crippen molar-refractivity contribution >= 4 is 44.8 Å². The van der Waals surface area contributed by atoms with E-state index < -0.39 is 0 Å². The quantitative estimate of drug-likeness (QED) is 0.389. The Balaban J connectivity index is 2.96. The Kier molecular flexibility index (Phi) is 2.18. The third kappa shape index (κ3) is 1.31. The van der Waals surface area contributed by atoms with Crippen molar-refractivity contribution in [3.05, 3.63) is 21.4 Å². The Bertz CT molecular complexity index is 478. The molecule has 0 aliphatic heterocycles. The number of halogens is 2. The number of aryl methyl sites for hydroxylation is 1. The Hall–Kier alpha value is -0.380. The van der Waals surface area contributed by atoms with E-state index in [4.69, 9.17) is 23.2 Å². The molecule has 5 heteroatoms. The van der Waals surface area contributed by atoms with Crippen LogP contribution in [-0.2, 0) is 7.05 Å². The first kappa shape index (κ1) is 9.19. The zero-order valence-electron chi connectivity index (χ0n) is 7.14. The largest absolute Gasteiger partial charge is 0.397 e. The second kappa shape index (κ2) is 3.08. The van der Waals surface area contributed by atoms with E-state index in [1.54, 1.807) is 23.0 Å². The van der Waals surface area contributed by atoms with Crippen LogP contribution in [0.1, 0.15) is 5.56 Å². The van der Waals surface area contributed by atoms with E-state index in [2.05, 4.69) is 4.98 Å². The van der Waals surface area contributed by atoms with Crippen LogP contribution in [-0.4, -0.2) is 4.98 Å². The Morgan fingerprint density at radius 1 is 1.46 bits per heavy atom. The van der Waals surface area contributed by atoms with Crippen molar-refractivity contribution in [3.63, 3.8) is 0 Å². The van der Waals surface area contributed by atoms with E-state index in [1.807, 2.05) is 12.3 Å². The standard InChI is InChI=1S/C8H7Cl2N2S/c1-4-3-13-6-5(4)11-8(10)12(2)7(6)9/h3H,1-2H3/q+1. The summed E-state index contributed by atoms with van der Waals surface area (Å²) in [6.07, 6.45) is 0. The lowest BCUT2D eigenvalue weighted by molar-refractivity contribution is -0.668. The lowest BCUT2D eigenvalue weighted by atomic mass is 10.3. The summed E-state index contributed by atoms with van der Waals surface area (Å²) in [5.74, 6) is 0. The molecular weight excluding hydrogens is 227 g/mol. The molecule has 0 N–H and O–H groups in total. The Morgan fingerprint density at radius 2 is 2.15 bits per heavy atom. The van der Waals surface area contributed by atoms with Gasteiger partial charge in [0.25, 0.3) is 0 Å². The van der Waals surface area contributed by atoms with E-state index in [1.165, 1.54) is 0 Å². The number of nitrogens with zero attached hydrogens (tertiary/aromatic N) is 2. The van der Waals surface area contributed by atoms with Gasteiger partial charge < -0.3 is 0 Å². The van der Waals surface area contributed by atoms with E-state index >= 15 is 0 Å². The summed E-state index contributed by atoms with van der Waals surface area (Å²) in [6, 6.07) is 0. The first-order valence-corrected chi connectivity index (χ1v) is 5.33. The second-order valence-corrected chi connectivity index (χ2v) is 4.40. The molecule has 0 saturated heterocycles. The average Bonchev–Trinajstić information content (AvgIpc) is 2.45. The zero-order valence-corrected chi connectivity index (χ0v) is 9.46. The van der Waals surface area contributed by atoms with Crippen molar-refractivity contribution < 1.29 is 4.57 Å². The van der Waals surface area contributed by atoms with Gasteiger partial charge >= 0.3 is 5.28 Å². The lowest BCUT2D eigenvalue weighted by Gasteiger charge is -1.94. The van der Waals surface area contributed by atoms with Crippen molar-refractivity contribution in [2.24, 2.45) is 7.05 Å². The summed E-state index contributed by atoms with van der Waals surface area (Å²) in [5.41, 5.74) is 2.02. The number of hydrogen-bond acceptors (Lipinski definition) is 2. The van der Waals surface area contributed by atoms with Gasteiger partial charge in [-0.3, -0.25) is 0 Å². The van der Waals surface area contributed by atoms with Crippen molar-refractivity contribution in [3.8, 4) is 0 Å². The highest BCUT2D eigenvalue weighted by atomic mass is 35.5. The minimum atomic E-state index is 0.416. The molecule has 2 nitrogen and oxygen atoms in total. The number of thiophene rings is 1. The fourth-order valence-electron chi connectivity index (χ4n) is 1.12. The van der Waals surface area contributed by atoms with Crippen LogP contribution in [0.15, 0.2) is 5.38 Å². The molecule has 0 bridgehead atoms. The Labute approximate surface area is 89.7 Å². The van der Waals surface area contributed by atoms with Gasteiger partial charge in [0.2, 0.25) is 10.7 Å². The monoisotopic (exact) mass is 233 g/mol. The van der Waals surface area contributed by atoms with E-state index in [0.29, 0.717) is 10.4 Å². The molecule has 2 heterocycles. The first-order valence-electron chi connectivity index (χ1n) is 3.70. The predicted octanol–water partition coefficient (Wildman–Crippen LogP) is 2.74. The first-order chi connectivity index (χ1) is 6.11. The number of hydrogen-bond donors (Lipinski definition) is 0. The van der Waals surface area contributed by atoms with Gasteiger partial charge in [-0.05, 0) is 28.9 Å². The van der Waals surface area contributed by atoms with E-state index in [9.17, 15) is 0 Å². The molecular formula is C8H7Cl2N2S+. The van der Waals surface area contributed by atoms with Crippen molar-refractivity contribution in [1.29, 1.82) is 0 Å². The molecule has 0 spiro atoms. The van der Waals surface area contributed by atoms with Gasteiger partial charge in [-0.25, -0.2) is 4.57 Å². The fraction of sp³-hybridized carbons (Fsp3) is 0.250. The molecule has 0 aliphatic carbocycles. The normalized spacial score (nSPS) is 11.1. The maximum absolute atomic E-state index is 6.09. The molecule has 0 aromatic carbocycles. The van der Waals surface area contributed by atoms with Crippen LogP contribution in [0.2, 0.25) is 10.4 Å². The highest BCUT2D eigenvalue weighted by molar-refractivity contribution is 7.17. The van der Waals surface area contributed by atoms with Gasteiger partial charge in [-0.15, -0.1) is 11.3 Å². The van der Waals surface area contributed by atoms with Crippen LogP contribution in [0, 0.1) is 6.92 Å². The highest BCUT2D eigenvalue weighted by Gasteiger charge is 2.19. The second-order valence-electron chi connectivity index (χ2n) is 2.83. The summed E-state index contributed by atoms with van der Waals surface area (Å²) >= 11 is 13.6. The predicted molar refractivity (Wildman–Crippen MR) is 55.6 cm³/mol. The molecule has 2 aromatic rings. The lowest BCUT2D eigenvalue weighted by Crippen LogP contribution is -2.32. The van der Waals surface area contributed by atoms with Gasteiger partial charge in [0.05, 0.1) is 7.05 Å². The fourth-order valence-corrected chi connectivity index (χ4v) is 2.60. The van der Waals surface area contributed by atoms with Gasteiger partial charge in [0, 0.05) is 17.2 Å². The molecule has 0 aliphatic rings. The van der Waals surface area contributed by atoms with Crippen molar-refractivity contribution in [2.45, 2.75) is 6.92 Å². The molecule has 68 valence electrons. The molecule has 0 fully saturated rings. The third-order valence-electron chi connectivity index (χ3n) is 1.90. The van der Waals surface area contributed by atoms with Crippen molar-refractivity contribution in [2.75, 3.05) is 0 Å². The van der Waals surface area contributed by atoms with Gasteiger partial charge in [-0.2, -0.15) is 0 Å². The maximum Gasteiger partial charge on any atom is 0.397 e. The minimum Gasteiger partial charge on any atom is -0.205 e. The molecule has 2 aromatic heterocycles. The van der Waals surface area contributed by atoms with Gasteiger partial charge in [-0.1, -0.05) is 0 Å². The summed E-state index contributed by atoms with van der Waals surface area (Å²) < 4.78 is 2.66. The Morgan fingerprint density at radius 3 is 2.85 bits per heavy atom. The summed E-state index contributed by atoms with van der Waals surface area (Å²) in [7, 11) is 1.80. The zero-order chi connectivity index (χ0) is 9.59. The third-order valence-corrected chi connectivity index (χ3v) is 3.89. The summed E-state index contributed by atoms with van der Waals surface area (Å²) in [5, 5.41) is 3.09. The summed E-state index contributed by atoms with van der Waals surface area (Å²) in [4.78, 5) is 4.25. The smallest absolute Gasteiger partial charge is 0.205 e. The summed E-state index contributed by atoms with van der Waals surface area (Å²) in [6.45, 7) is 2.00. The molecule has 13 heavy (non-hydrogen) atoms. The van der Waals surface area contributed by atoms with Gasteiger partial charge in [0.1, 0.15) is 4.70 Å². The SMILES string of the molecule is Cc1csc2c(Cl)[n+](C)c(Cl)nc12. The van der Waals surface area contributed by atoms with Crippen LogP contribution >= 0.6 is 34.5 Å². The van der Waals surface area contributed by atoms with Gasteiger partial charge in [0.15, 0.2) is 0 Å². The topological polar surface area (TPSA) is 16.8 Å². The van der Waals surface area contributed by atoms with E-state index in [-0.39, 0.29) is 0 Å². The maximum atomic E-state index is 6.09. The highest BCUT2D eigenvalue weighted by Crippen LogP contribution is 2.28. The molecule has 0 saturated carbocycles. The molecule has 0 unspecified atom stereocenters. The molecule has 0 atom stereocenters. The van der Waals surface area contributed by atoms with Crippen LogP contribution in [0.4, 0.5) is 0 Å². The van der Waals surface area contributed by atoms with Crippen LogP contribution in [0.5, 0.6) is 0 Å².